The second kappa shape index (κ2) is 6.83. The summed E-state index contributed by atoms with van der Waals surface area (Å²) in [7, 11) is -4.02. The van der Waals surface area contributed by atoms with Crippen molar-refractivity contribution >= 4 is 22.0 Å². The van der Waals surface area contributed by atoms with Gasteiger partial charge in [-0.25, -0.2) is 13.1 Å². The molecular weight excluding hydrogens is 300 g/mol. The van der Waals surface area contributed by atoms with Crippen molar-refractivity contribution in [1.82, 2.24) is 4.72 Å². The monoisotopic (exact) mass is 312 g/mol. The molecule has 0 spiro atoms. The normalized spacial score (nSPS) is 12.3. The Morgan fingerprint density at radius 3 is 2.24 bits per heavy atom. The average molecular weight is 312 g/mol. The van der Waals surface area contributed by atoms with Gasteiger partial charge in [0, 0.05) is 0 Å². The summed E-state index contributed by atoms with van der Waals surface area (Å²) in [6.07, 6.45) is -0.859. The molecule has 1 atom stereocenters. The van der Waals surface area contributed by atoms with Crippen LogP contribution in [-0.2, 0) is 25.4 Å². The number of aliphatic carboxylic acids is 2. The zero-order chi connectivity index (χ0) is 16.0. The van der Waals surface area contributed by atoms with Crippen molar-refractivity contribution in [1.29, 1.82) is 5.26 Å². The van der Waals surface area contributed by atoms with Gasteiger partial charge in [-0.3, -0.25) is 9.59 Å². The molecule has 1 rings (SSSR count). The van der Waals surface area contributed by atoms with Crippen LogP contribution in [0.1, 0.15) is 17.5 Å². The van der Waals surface area contributed by atoms with E-state index in [2.05, 4.69) is 0 Å². The predicted octanol–water partition coefficient (Wildman–Crippen LogP) is -0.0944. The molecule has 0 aliphatic carbocycles. The van der Waals surface area contributed by atoms with Crippen molar-refractivity contribution in [2.45, 2.75) is 18.2 Å². The minimum absolute atomic E-state index is 0.348. The van der Waals surface area contributed by atoms with Crippen LogP contribution in [-0.4, -0.2) is 36.6 Å². The molecule has 0 bridgehead atoms. The third kappa shape index (κ3) is 5.60. The lowest BCUT2D eigenvalue weighted by Gasteiger charge is -2.12. The van der Waals surface area contributed by atoms with Crippen molar-refractivity contribution in [2.24, 2.45) is 0 Å². The summed E-state index contributed by atoms with van der Waals surface area (Å²) in [6.45, 7) is 0. The first-order chi connectivity index (χ1) is 9.73. The standard InChI is InChI=1S/C12H12N2O6S/c13-6-8-1-3-9(4-2-8)7-21(19,20)14-10(12(17)18)5-11(15)16/h1-4,10,14H,5,7H2,(H,15,16)(H,17,18). The fourth-order valence-electron chi connectivity index (χ4n) is 1.51. The van der Waals surface area contributed by atoms with E-state index in [1.807, 2.05) is 10.8 Å². The molecule has 0 saturated carbocycles. The van der Waals surface area contributed by atoms with E-state index in [1.54, 1.807) is 0 Å². The molecule has 0 aromatic heterocycles. The Morgan fingerprint density at radius 1 is 1.24 bits per heavy atom. The molecule has 0 aliphatic rings. The van der Waals surface area contributed by atoms with Crippen LogP contribution in [0.25, 0.3) is 0 Å². The van der Waals surface area contributed by atoms with Gasteiger partial charge in [0.05, 0.1) is 23.8 Å². The Labute approximate surface area is 120 Å². The van der Waals surface area contributed by atoms with Crippen LogP contribution in [0, 0.1) is 11.3 Å². The molecule has 1 aromatic rings. The van der Waals surface area contributed by atoms with E-state index >= 15 is 0 Å². The molecule has 8 nitrogen and oxygen atoms in total. The van der Waals surface area contributed by atoms with Gasteiger partial charge in [0.15, 0.2) is 0 Å². The van der Waals surface area contributed by atoms with Crippen molar-refractivity contribution < 1.29 is 28.2 Å². The summed E-state index contributed by atoms with van der Waals surface area (Å²) >= 11 is 0. The smallest absolute Gasteiger partial charge is 0.322 e. The van der Waals surface area contributed by atoms with Crippen LogP contribution in [0.3, 0.4) is 0 Å². The lowest BCUT2D eigenvalue weighted by atomic mass is 10.2. The number of hydrogen-bond donors (Lipinski definition) is 3. The molecule has 0 aliphatic heterocycles. The highest BCUT2D eigenvalue weighted by Gasteiger charge is 2.26. The molecule has 0 heterocycles. The van der Waals surface area contributed by atoms with Crippen molar-refractivity contribution in [3.8, 4) is 6.07 Å². The first-order valence-corrected chi connectivity index (χ1v) is 7.32. The molecule has 1 aromatic carbocycles. The minimum Gasteiger partial charge on any atom is -0.481 e. The topological polar surface area (TPSA) is 145 Å². The number of nitriles is 1. The highest BCUT2D eigenvalue weighted by Crippen LogP contribution is 2.08. The molecule has 0 amide bonds. The Kier molecular flexibility index (Phi) is 5.40. The molecule has 112 valence electrons. The third-order valence-electron chi connectivity index (χ3n) is 2.44. The zero-order valence-corrected chi connectivity index (χ0v) is 11.5. The highest BCUT2D eigenvalue weighted by molar-refractivity contribution is 7.88. The minimum atomic E-state index is -4.02. The predicted molar refractivity (Wildman–Crippen MR) is 70.6 cm³/mol. The maximum atomic E-state index is 11.8. The van der Waals surface area contributed by atoms with Gasteiger partial charge in [-0.1, -0.05) is 12.1 Å². The fourth-order valence-corrected chi connectivity index (χ4v) is 2.84. The summed E-state index contributed by atoms with van der Waals surface area (Å²) in [4.78, 5) is 21.3. The molecule has 0 saturated heterocycles. The number of nitrogens with zero attached hydrogens (tertiary/aromatic N) is 1. The van der Waals surface area contributed by atoms with Crippen molar-refractivity contribution in [3.05, 3.63) is 35.4 Å². The Bertz CT molecular complexity index is 675. The third-order valence-corrected chi connectivity index (χ3v) is 3.80. The maximum absolute atomic E-state index is 11.8. The van der Waals surface area contributed by atoms with E-state index in [-0.39, 0.29) is 0 Å². The van der Waals surface area contributed by atoms with E-state index in [4.69, 9.17) is 15.5 Å². The Morgan fingerprint density at radius 2 is 1.81 bits per heavy atom. The van der Waals surface area contributed by atoms with Gasteiger partial charge >= 0.3 is 11.9 Å². The maximum Gasteiger partial charge on any atom is 0.322 e. The second-order valence-electron chi connectivity index (χ2n) is 4.17. The number of benzene rings is 1. The summed E-state index contributed by atoms with van der Waals surface area (Å²) < 4.78 is 25.5. The van der Waals surface area contributed by atoms with Gasteiger partial charge < -0.3 is 10.2 Å². The van der Waals surface area contributed by atoms with E-state index in [1.165, 1.54) is 24.3 Å². The van der Waals surface area contributed by atoms with Crippen LogP contribution >= 0.6 is 0 Å². The molecule has 3 N–H and O–H groups in total. The SMILES string of the molecule is N#Cc1ccc(CS(=O)(=O)NC(CC(=O)O)C(=O)O)cc1. The van der Waals surface area contributed by atoms with Crippen LogP contribution in [0.2, 0.25) is 0 Å². The van der Waals surface area contributed by atoms with E-state index in [9.17, 15) is 18.0 Å². The van der Waals surface area contributed by atoms with Gasteiger partial charge in [0.2, 0.25) is 10.0 Å². The fraction of sp³-hybridized carbons (Fsp3) is 0.250. The number of rotatable bonds is 7. The van der Waals surface area contributed by atoms with Crippen LogP contribution in [0.4, 0.5) is 0 Å². The largest absolute Gasteiger partial charge is 0.481 e. The van der Waals surface area contributed by atoms with E-state index in [0.717, 1.165) is 0 Å². The lowest BCUT2D eigenvalue weighted by molar-refractivity contribution is -0.145. The molecule has 0 radical (unpaired) electrons. The molecular formula is C12H12N2O6S. The average Bonchev–Trinajstić information content (AvgIpc) is 2.37. The zero-order valence-electron chi connectivity index (χ0n) is 10.7. The summed E-state index contributed by atoms with van der Waals surface area (Å²) in [5.41, 5.74) is 0.708. The lowest BCUT2D eigenvalue weighted by Crippen LogP contribution is -2.42. The van der Waals surface area contributed by atoms with Crippen LogP contribution < -0.4 is 4.72 Å². The summed E-state index contributed by atoms with van der Waals surface area (Å²) in [5, 5.41) is 26.0. The first kappa shape index (κ1) is 16.6. The number of hydrogen-bond acceptors (Lipinski definition) is 5. The Balaban J connectivity index is 2.82. The quantitative estimate of drug-likeness (QED) is 0.637. The van der Waals surface area contributed by atoms with Gasteiger partial charge in [-0.2, -0.15) is 5.26 Å². The number of carboxylic acid groups (broad SMARTS) is 2. The molecule has 9 heteroatoms. The molecule has 1 unspecified atom stereocenters. The van der Waals surface area contributed by atoms with Crippen LogP contribution in [0.5, 0.6) is 0 Å². The van der Waals surface area contributed by atoms with Gasteiger partial charge in [0.25, 0.3) is 0 Å². The van der Waals surface area contributed by atoms with Crippen molar-refractivity contribution in [2.75, 3.05) is 0 Å². The summed E-state index contributed by atoms with van der Waals surface area (Å²) in [5.74, 6) is -3.51. The van der Waals surface area contributed by atoms with Crippen LogP contribution in [0.15, 0.2) is 24.3 Å². The van der Waals surface area contributed by atoms with Gasteiger partial charge in [-0.05, 0) is 17.7 Å². The Hall–Kier alpha value is -2.44. The number of nitrogens with one attached hydrogen (secondary N) is 1. The van der Waals surface area contributed by atoms with Crippen molar-refractivity contribution in [3.63, 3.8) is 0 Å². The number of carboxylic acids is 2. The first-order valence-electron chi connectivity index (χ1n) is 5.67. The summed E-state index contributed by atoms with van der Waals surface area (Å²) in [6, 6.07) is 5.84. The van der Waals surface area contributed by atoms with Gasteiger partial charge in [-0.15, -0.1) is 0 Å². The number of carbonyl (C=O) groups is 2. The van der Waals surface area contributed by atoms with Gasteiger partial charge in [0.1, 0.15) is 6.04 Å². The van der Waals surface area contributed by atoms with E-state index < -0.39 is 40.2 Å². The molecule has 0 fully saturated rings. The number of sulfonamides is 1. The second-order valence-corrected chi connectivity index (χ2v) is 5.93. The van der Waals surface area contributed by atoms with E-state index in [0.29, 0.717) is 11.1 Å². The highest BCUT2D eigenvalue weighted by atomic mass is 32.2. The molecule has 21 heavy (non-hydrogen) atoms.